The minimum atomic E-state index is -0.241. The van der Waals surface area contributed by atoms with Crippen LogP contribution in [-0.4, -0.2) is 17.2 Å². The van der Waals surface area contributed by atoms with Gasteiger partial charge >= 0.3 is 0 Å². The molecular weight excluding hydrogens is 193 g/mol. The van der Waals surface area contributed by atoms with Crippen molar-refractivity contribution in [3.63, 3.8) is 0 Å². The fourth-order valence-corrected chi connectivity index (χ4v) is 1.61. The van der Waals surface area contributed by atoms with Crippen molar-refractivity contribution in [3.05, 3.63) is 35.8 Å². The topological polar surface area (TPSA) is 40.7 Å². The van der Waals surface area contributed by atoms with E-state index in [-0.39, 0.29) is 5.82 Å². The number of nitrogens with zero attached hydrogens (tertiary/aromatic N) is 1. The van der Waals surface area contributed by atoms with Crippen molar-refractivity contribution in [2.75, 3.05) is 12.4 Å². The van der Waals surface area contributed by atoms with Crippen LogP contribution in [0.3, 0.4) is 0 Å². The number of halogens is 1. The molecule has 1 heterocycles. The van der Waals surface area contributed by atoms with Gasteiger partial charge in [-0.2, -0.15) is 5.10 Å². The molecule has 2 N–H and O–H groups in total. The van der Waals surface area contributed by atoms with Gasteiger partial charge in [-0.3, -0.25) is 5.10 Å². The molecule has 0 saturated carbocycles. The molecule has 0 saturated heterocycles. The summed E-state index contributed by atoms with van der Waals surface area (Å²) in [6.07, 6.45) is 0. The predicted molar refractivity (Wildman–Crippen MR) is 58.3 cm³/mol. The summed E-state index contributed by atoms with van der Waals surface area (Å²) in [6.45, 7) is 1.91. The van der Waals surface area contributed by atoms with Gasteiger partial charge in [0.25, 0.3) is 0 Å². The lowest BCUT2D eigenvalue weighted by molar-refractivity contribution is 0.628. The Balaban J connectivity index is 2.57. The largest absolute Gasteiger partial charge is 0.371 e. The Morgan fingerprint density at radius 2 is 2.20 bits per heavy atom. The van der Waals surface area contributed by atoms with Crippen LogP contribution in [0, 0.1) is 12.7 Å². The molecule has 2 aromatic rings. The quantitative estimate of drug-likeness (QED) is 0.791. The van der Waals surface area contributed by atoms with Crippen molar-refractivity contribution in [2.45, 2.75) is 6.92 Å². The molecule has 0 bridgehead atoms. The first-order valence-corrected chi connectivity index (χ1v) is 4.71. The second-order valence-corrected chi connectivity index (χ2v) is 3.33. The van der Waals surface area contributed by atoms with Gasteiger partial charge in [-0.25, -0.2) is 4.39 Å². The lowest BCUT2D eigenvalue weighted by Crippen LogP contribution is -1.91. The third-order valence-electron chi connectivity index (χ3n) is 2.30. The monoisotopic (exact) mass is 205 g/mol. The smallest absolute Gasteiger partial charge is 0.155 e. The van der Waals surface area contributed by atoms with Gasteiger partial charge in [0.05, 0.1) is 0 Å². The molecule has 0 fully saturated rings. The zero-order valence-corrected chi connectivity index (χ0v) is 8.63. The van der Waals surface area contributed by atoms with E-state index < -0.39 is 0 Å². The summed E-state index contributed by atoms with van der Waals surface area (Å²) in [5, 5.41) is 9.92. The van der Waals surface area contributed by atoms with E-state index in [4.69, 9.17) is 0 Å². The molecule has 0 atom stereocenters. The first-order chi connectivity index (χ1) is 7.22. The van der Waals surface area contributed by atoms with Crippen LogP contribution in [0.2, 0.25) is 0 Å². The molecule has 0 radical (unpaired) electrons. The van der Waals surface area contributed by atoms with Crippen molar-refractivity contribution >= 4 is 5.82 Å². The van der Waals surface area contributed by atoms with Crippen LogP contribution in [0.5, 0.6) is 0 Å². The van der Waals surface area contributed by atoms with Gasteiger partial charge in [0.2, 0.25) is 0 Å². The molecule has 78 valence electrons. The number of nitrogens with one attached hydrogen (secondary N) is 2. The van der Waals surface area contributed by atoms with E-state index in [1.165, 1.54) is 12.1 Å². The van der Waals surface area contributed by atoms with E-state index in [1.807, 2.05) is 13.0 Å². The summed E-state index contributed by atoms with van der Waals surface area (Å²) in [6, 6.07) is 6.48. The number of rotatable bonds is 2. The minimum Gasteiger partial charge on any atom is -0.371 e. The Hall–Kier alpha value is -1.84. The number of benzene rings is 1. The summed E-state index contributed by atoms with van der Waals surface area (Å²) in [5.41, 5.74) is 2.66. The molecule has 2 rings (SSSR count). The van der Waals surface area contributed by atoms with Crippen LogP contribution >= 0.6 is 0 Å². The van der Waals surface area contributed by atoms with Crippen LogP contribution in [0.15, 0.2) is 24.3 Å². The molecule has 15 heavy (non-hydrogen) atoms. The zero-order valence-electron chi connectivity index (χ0n) is 8.63. The van der Waals surface area contributed by atoms with Crippen LogP contribution in [0.25, 0.3) is 11.1 Å². The molecule has 1 aromatic carbocycles. The molecule has 0 aliphatic heterocycles. The average molecular weight is 205 g/mol. The maximum atomic E-state index is 13.1. The normalized spacial score (nSPS) is 10.3. The Morgan fingerprint density at radius 3 is 2.87 bits per heavy atom. The van der Waals surface area contributed by atoms with Crippen LogP contribution in [0.1, 0.15) is 5.69 Å². The van der Waals surface area contributed by atoms with Crippen molar-refractivity contribution in [1.29, 1.82) is 0 Å². The number of aromatic nitrogens is 2. The number of anilines is 1. The predicted octanol–water partition coefficient (Wildman–Crippen LogP) is 2.57. The molecule has 4 heteroatoms. The molecule has 3 nitrogen and oxygen atoms in total. The van der Waals surface area contributed by atoms with Gasteiger partial charge in [0.1, 0.15) is 5.82 Å². The van der Waals surface area contributed by atoms with Gasteiger partial charge in [0, 0.05) is 18.3 Å². The van der Waals surface area contributed by atoms with E-state index in [2.05, 4.69) is 15.5 Å². The number of aromatic amines is 1. The first kappa shape index (κ1) is 9.71. The highest BCUT2D eigenvalue weighted by Crippen LogP contribution is 2.29. The fraction of sp³-hybridized carbons (Fsp3) is 0.182. The Kier molecular flexibility index (Phi) is 2.41. The lowest BCUT2D eigenvalue weighted by Gasteiger charge is -2.03. The van der Waals surface area contributed by atoms with Crippen molar-refractivity contribution < 1.29 is 4.39 Å². The first-order valence-electron chi connectivity index (χ1n) is 4.71. The van der Waals surface area contributed by atoms with E-state index in [0.717, 1.165) is 22.6 Å². The van der Waals surface area contributed by atoms with Gasteiger partial charge in [-0.05, 0) is 24.6 Å². The van der Waals surface area contributed by atoms with E-state index in [9.17, 15) is 4.39 Å². The number of H-pyrrole nitrogens is 1. The molecule has 0 spiro atoms. The third-order valence-corrected chi connectivity index (χ3v) is 2.30. The highest BCUT2D eigenvalue weighted by molar-refractivity contribution is 5.77. The SMILES string of the molecule is CNc1n[nH]c(C)c1-c1cccc(F)c1. The standard InChI is InChI=1S/C11H12FN3/c1-7-10(11(13-2)15-14-7)8-4-3-5-9(12)6-8/h3-6H,1-2H3,(H2,13,14,15). The van der Waals surface area contributed by atoms with E-state index in [1.54, 1.807) is 13.1 Å². The summed E-state index contributed by atoms with van der Waals surface area (Å²) in [7, 11) is 1.79. The van der Waals surface area contributed by atoms with E-state index in [0.29, 0.717) is 0 Å². The van der Waals surface area contributed by atoms with Gasteiger partial charge in [-0.1, -0.05) is 12.1 Å². The van der Waals surface area contributed by atoms with Crippen LogP contribution < -0.4 is 5.32 Å². The van der Waals surface area contributed by atoms with Gasteiger partial charge < -0.3 is 5.32 Å². The van der Waals surface area contributed by atoms with Crippen molar-refractivity contribution in [2.24, 2.45) is 0 Å². The summed E-state index contributed by atoms with van der Waals surface area (Å²) >= 11 is 0. The maximum Gasteiger partial charge on any atom is 0.155 e. The van der Waals surface area contributed by atoms with Gasteiger partial charge in [0.15, 0.2) is 5.82 Å². The maximum absolute atomic E-state index is 13.1. The molecule has 1 aromatic heterocycles. The number of aryl methyl sites for hydroxylation is 1. The number of hydrogen-bond acceptors (Lipinski definition) is 2. The molecular formula is C11H12FN3. The molecule has 0 aliphatic carbocycles. The zero-order chi connectivity index (χ0) is 10.8. The summed E-state index contributed by atoms with van der Waals surface area (Å²) in [5.74, 6) is 0.494. The minimum absolute atomic E-state index is 0.241. The van der Waals surface area contributed by atoms with Crippen LogP contribution in [-0.2, 0) is 0 Å². The van der Waals surface area contributed by atoms with Gasteiger partial charge in [-0.15, -0.1) is 0 Å². The molecule has 0 aliphatic rings. The lowest BCUT2D eigenvalue weighted by atomic mass is 10.1. The molecule has 0 amide bonds. The van der Waals surface area contributed by atoms with Crippen molar-refractivity contribution in [3.8, 4) is 11.1 Å². The number of hydrogen-bond donors (Lipinski definition) is 2. The van der Waals surface area contributed by atoms with E-state index >= 15 is 0 Å². The fourth-order valence-electron chi connectivity index (χ4n) is 1.61. The Bertz CT molecular complexity index is 476. The summed E-state index contributed by atoms with van der Waals surface area (Å²) in [4.78, 5) is 0. The third kappa shape index (κ3) is 1.70. The second kappa shape index (κ2) is 3.73. The Morgan fingerprint density at radius 1 is 1.40 bits per heavy atom. The highest BCUT2D eigenvalue weighted by atomic mass is 19.1. The van der Waals surface area contributed by atoms with Crippen LogP contribution in [0.4, 0.5) is 10.2 Å². The highest BCUT2D eigenvalue weighted by Gasteiger charge is 2.11. The average Bonchev–Trinajstić information content (AvgIpc) is 2.59. The molecule has 0 unspecified atom stereocenters. The summed E-state index contributed by atoms with van der Waals surface area (Å²) < 4.78 is 13.1. The Labute approximate surface area is 87.3 Å². The second-order valence-electron chi connectivity index (χ2n) is 3.33. The van der Waals surface area contributed by atoms with Crippen molar-refractivity contribution in [1.82, 2.24) is 10.2 Å².